The fourth-order valence-corrected chi connectivity index (χ4v) is 4.28. The smallest absolute Gasteiger partial charge is 0.306 e. The van der Waals surface area contributed by atoms with Crippen molar-refractivity contribution < 1.29 is 9.09 Å². The van der Waals surface area contributed by atoms with Crippen LogP contribution in [0, 0.1) is 0 Å². The summed E-state index contributed by atoms with van der Waals surface area (Å²) < 4.78 is 19.5. The van der Waals surface area contributed by atoms with Crippen molar-refractivity contribution >= 4 is 30.9 Å². The quantitative estimate of drug-likeness (QED) is 0.617. The molecular weight excluding hydrogens is 258 g/mol. The summed E-state index contributed by atoms with van der Waals surface area (Å²) >= 11 is 11.3. The molecule has 0 spiro atoms. The lowest BCUT2D eigenvalue weighted by Crippen LogP contribution is -2.40. The van der Waals surface area contributed by atoms with Crippen LogP contribution < -0.4 is 5.09 Å². The van der Waals surface area contributed by atoms with E-state index < -0.39 is 7.67 Å². The Morgan fingerprint density at radius 3 is 2.53 bits per heavy atom. The van der Waals surface area contributed by atoms with E-state index >= 15 is 0 Å². The van der Waals surface area contributed by atoms with Gasteiger partial charge in [-0.05, 0) is 13.3 Å². The SMILES string of the molecule is C[C@H]1CCOP(=O)(N(CCCl)CCCl)N1. The summed E-state index contributed by atoms with van der Waals surface area (Å²) in [5, 5.41) is 3.00. The molecule has 7 heteroatoms. The van der Waals surface area contributed by atoms with E-state index in [1.54, 1.807) is 4.67 Å². The lowest BCUT2D eigenvalue weighted by Gasteiger charge is -2.35. The van der Waals surface area contributed by atoms with E-state index in [2.05, 4.69) is 5.09 Å². The minimum absolute atomic E-state index is 0.206. The first-order valence-corrected chi connectivity index (χ1v) is 7.67. The Bertz CT molecular complexity index is 237. The highest BCUT2D eigenvalue weighted by Crippen LogP contribution is 2.49. The van der Waals surface area contributed by atoms with Crippen LogP contribution >= 0.6 is 30.9 Å². The third kappa shape index (κ3) is 3.88. The third-order valence-electron chi connectivity index (χ3n) is 2.26. The monoisotopic (exact) mass is 274 g/mol. The van der Waals surface area contributed by atoms with Gasteiger partial charge in [0, 0.05) is 30.9 Å². The van der Waals surface area contributed by atoms with E-state index in [-0.39, 0.29) is 6.04 Å². The molecule has 15 heavy (non-hydrogen) atoms. The number of nitrogens with one attached hydrogen (secondary N) is 1. The molecule has 0 amide bonds. The van der Waals surface area contributed by atoms with Crippen LogP contribution in [0.3, 0.4) is 0 Å². The van der Waals surface area contributed by atoms with Gasteiger partial charge in [-0.3, -0.25) is 4.57 Å². The zero-order valence-electron chi connectivity index (χ0n) is 8.79. The molecule has 1 aliphatic heterocycles. The molecule has 1 heterocycles. The van der Waals surface area contributed by atoms with Crippen molar-refractivity contribution in [2.24, 2.45) is 0 Å². The van der Waals surface area contributed by atoms with Gasteiger partial charge in [0.2, 0.25) is 0 Å². The van der Waals surface area contributed by atoms with Crippen LogP contribution in [0.4, 0.5) is 0 Å². The van der Waals surface area contributed by atoms with E-state index in [1.165, 1.54) is 0 Å². The molecule has 1 fully saturated rings. The summed E-state index contributed by atoms with van der Waals surface area (Å²) in [4.78, 5) is 0. The first-order chi connectivity index (χ1) is 7.12. The number of halogens is 2. The Hall–Kier alpha value is 0.690. The molecule has 1 N–H and O–H groups in total. The average Bonchev–Trinajstić information content (AvgIpc) is 2.17. The molecule has 1 unspecified atom stereocenters. The van der Waals surface area contributed by atoms with Crippen LogP contribution in [-0.2, 0) is 9.09 Å². The number of hydrogen-bond acceptors (Lipinski definition) is 2. The van der Waals surface area contributed by atoms with Crippen molar-refractivity contribution in [2.45, 2.75) is 19.4 Å². The highest BCUT2D eigenvalue weighted by molar-refractivity contribution is 7.54. The summed E-state index contributed by atoms with van der Waals surface area (Å²) in [6.07, 6.45) is 0.875. The molecule has 0 aromatic heterocycles. The summed E-state index contributed by atoms with van der Waals surface area (Å²) in [5.41, 5.74) is 0. The maximum absolute atomic E-state index is 12.4. The van der Waals surface area contributed by atoms with Crippen molar-refractivity contribution in [1.82, 2.24) is 9.76 Å². The number of nitrogens with zero attached hydrogens (tertiary/aromatic N) is 1. The van der Waals surface area contributed by atoms with Crippen molar-refractivity contribution in [3.63, 3.8) is 0 Å². The standard InChI is InChI=1S/C8H17Cl2N2O2P/c1-8-2-7-14-15(13,11-8)12(5-3-9)6-4-10/h8H,2-7H2,1H3,(H,11,13)/t8-,15?/m0/s1. The highest BCUT2D eigenvalue weighted by atomic mass is 35.5. The van der Waals surface area contributed by atoms with Gasteiger partial charge in [0.05, 0.1) is 6.61 Å². The van der Waals surface area contributed by atoms with Gasteiger partial charge in [-0.2, -0.15) is 0 Å². The second kappa shape index (κ2) is 6.43. The predicted octanol–water partition coefficient (Wildman–Crippen LogP) is 2.27. The van der Waals surface area contributed by atoms with Crippen LogP contribution in [0.2, 0.25) is 0 Å². The van der Waals surface area contributed by atoms with Crippen LogP contribution in [0.1, 0.15) is 13.3 Å². The Morgan fingerprint density at radius 2 is 2.07 bits per heavy atom. The first-order valence-electron chi connectivity index (χ1n) is 5.02. The summed E-state index contributed by atoms with van der Waals surface area (Å²) in [7, 11) is -2.90. The molecule has 1 saturated heterocycles. The van der Waals surface area contributed by atoms with Gasteiger partial charge in [-0.25, -0.2) is 9.76 Å². The fourth-order valence-electron chi connectivity index (χ4n) is 1.47. The number of hydrogen-bond donors (Lipinski definition) is 1. The van der Waals surface area contributed by atoms with E-state index in [0.29, 0.717) is 31.5 Å². The van der Waals surface area contributed by atoms with Crippen LogP contribution in [-0.4, -0.2) is 42.2 Å². The van der Waals surface area contributed by atoms with Gasteiger partial charge in [0.15, 0.2) is 0 Å². The molecule has 1 rings (SSSR count). The second-order valence-corrected chi connectivity index (χ2v) is 6.38. The minimum atomic E-state index is -2.90. The molecule has 0 bridgehead atoms. The van der Waals surface area contributed by atoms with Crippen molar-refractivity contribution in [3.05, 3.63) is 0 Å². The summed E-state index contributed by atoms with van der Waals surface area (Å²) in [5.74, 6) is 0.834. The van der Waals surface area contributed by atoms with Crippen molar-refractivity contribution in [2.75, 3.05) is 31.5 Å². The maximum atomic E-state index is 12.4. The van der Waals surface area contributed by atoms with E-state index in [4.69, 9.17) is 27.7 Å². The topological polar surface area (TPSA) is 41.6 Å². The highest BCUT2D eigenvalue weighted by Gasteiger charge is 2.35. The molecule has 0 radical (unpaired) electrons. The molecule has 0 aromatic carbocycles. The van der Waals surface area contributed by atoms with Gasteiger partial charge in [-0.15, -0.1) is 23.2 Å². The maximum Gasteiger partial charge on any atom is 0.343 e. The lowest BCUT2D eigenvalue weighted by molar-refractivity contribution is 0.215. The van der Waals surface area contributed by atoms with Crippen LogP contribution in [0.15, 0.2) is 0 Å². The van der Waals surface area contributed by atoms with Crippen LogP contribution in [0.5, 0.6) is 0 Å². The Kier molecular flexibility index (Phi) is 5.90. The van der Waals surface area contributed by atoms with E-state index in [0.717, 1.165) is 6.42 Å². The van der Waals surface area contributed by atoms with Gasteiger partial charge in [0.25, 0.3) is 0 Å². The Labute approximate surface area is 101 Å². The normalized spacial score (nSPS) is 32.1. The Morgan fingerprint density at radius 1 is 1.47 bits per heavy atom. The Balaban J connectivity index is 2.66. The summed E-state index contributed by atoms with van der Waals surface area (Å²) in [6.45, 7) is 3.55. The second-order valence-electron chi connectivity index (χ2n) is 3.50. The minimum Gasteiger partial charge on any atom is -0.306 e. The van der Waals surface area contributed by atoms with Gasteiger partial charge in [-0.1, -0.05) is 0 Å². The molecule has 1 aliphatic rings. The summed E-state index contributed by atoms with van der Waals surface area (Å²) in [6, 6.07) is 0.206. The third-order valence-corrected chi connectivity index (χ3v) is 5.04. The van der Waals surface area contributed by atoms with E-state index in [9.17, 15) is 4.57 Å². The molecular formula is C8H17Cl2N2O2P. The zero-order valence-corrected chi connectivity index (χ0v) is 11.2. The first kappa shape index (κ1) is 13.8. The molecule has 0 aromatic rings. The van der Waals surface area contributed by atoms with E-state index in [1.807, 2.05) is 6.92 Å². The number of alkyl halides is 2. The molecule has 0 saturated carbocycles. The van der Waals surface area contributed by atoms with Gasteiger partial charge < -0.3 is 4.52 Å². The fraction of sp³-hybridized carbons (Fsp3) is 1.00. The zero-order chi connectivity index (χ0) is 11.3. The predicted molar refractivity (Wildman–Crippen MR) is 63.8 cm³/mol. The van der Waals surface area contributed by atoms with Crippen molar-refractivity contribution in [3.8, 4) is 0 Å². The average molecular weight is 275 g/mol. The van der Waals surface area contributed by atoms with Gasteiger partial charge >= 0.3 is 7.67 Å². The molecule has 4 nitrogen and oxygen atoms in total. The van der Waals surface area contributed by atoms with Gasteiger partial charge in [0.1, 0.15) is 0 Å². The molecule has 0 aliphatic carbocycles. The molecule has 90 valence electrons. The molecule has 2 atom stereocenters. The van der Waals surface area contributed by atoms with Crippen molar-refractivity contribution in [1.29, 1.82) is 0 Å². The largest absolute Gasteiger partial charge is 0.343 e. The van der Waals surface area contributed by atoms with Crippen LogP contribution in [0.25, 0.3) is 0 Å². The number of rotatable bonds is 5. The lowest BCUT2D eigenvalue weighted by atomic mass is 10.3.